The molecule has 2 amide bonds. The molecule has 25 heavy (non-hydrogen) atoms. The minimum atomic E-state index is -0.289. The second-order valence-corrected chi connectivity index (χ2v) is 7.24. The summed E-state index contributed by atoms with van der Waals surface area (Å²) in [6, 6.07) is 0.668. The van der Waals surface area contributed by atoms with Crippen molar-refractivity contribution < 1.29 is 9.59 Å². The molecule has 1 aliphatic heterocycles. The van der Waals surface area contributed by atoms with E-state index in [0.717, 1.165) is 12.8 Å². The monoisotopic (exact) mass is 363 g/mol. The van der Waals surface area contributed by atoms with E-state index in [1.807, 2.05) is 19.9 Å². The van der Waals surface area contributed by atoms with Gasteiger partial charge in [-0.25, -0.2) is 0 Å². The highest BCUT2D eigenvalue weighted by atomic mass is 32.1. The standard InChI is InChI=1S/C19H29N3O2S/c1-5-21-17(23)16(18(24)22(6-2)19(21)25)9-7-8-14-10-12-15(13-11-14)20(3)4/h7-9,14-15H,5-6,10-13H2,1-4H3/b8-7+. The molecule has 0 aromatic heterocycles. The van der Waals surface area contributed by atoms with Gasteiger partial charge < -0.3 is 4.90 Å². The van der Waals surface area contributed by atoms with Crippen LogP contribution in [0.15, 0.2) is 23.8 Å². The van der Waals surface area contributed by atoms with Crippen LogP contribution in [0.25, 0.3) is 0 Å². The number of carbonyl (C=O) groups is 2. The Bertz CT molecular complexity index is 561. The zero-order valence-electron chi connectivity index (χ0n) is 15.7. The molecule has 2 rings (SSSR count). The van der Waals surface area contributed by atoms with Gasteiger partial charge in [-0.15, -0.1) is 0 Å². The maximum Gasteiger partial charge on any atom is 0.265 e. The van der Waals surface area contributed by atoms with E-state index >= 15 is 0 Å². The number of rotatable bonds is 5. The highest BCUT2D eigenvalue weighted by molar-refractivity contribution is 7.80. The van der Waals surface area contributed by atoms with Crippen molar-refractivity contribution in [3.05, 3.63) is 23.8 Å². The molecule has 2 aliphatic rings. The van der Waals surface area contributed by atoms with Crippen molar-refractivity contribution in [2.75, 3.05) is 27.2 Å². The van der Waals surface area contributed by atoms with E-state index in [9.17, 15) is 9.59 Å². The van der Waals surface area contributed by atoms with Crippen LogP contribution in [-0.4, -0.2) is 64.9 Å². The molecule has 1 aliphatic carbocycles. The topological polar surface area (TPSA) is 43.9 Å². The fourth-order valence-electron chi connectivity index (χ4n) is 3.52. The molecule has 0 spiro atoms. The maximum atomic E-state index is 12.5. The van der Waals surface area contributed by atoms with E-state index in [2.05, 4.69) is 25.1 Å². The largest absolute Gasteiger partial charge is 0.306 e. The number of likely N-dealkylation sites (N-methyl/N-ethyl adjacent to an activating group) is 2. The lowest BCUT2D eigenvalue weighted by molar-refractivity contribution is -0.133. The molecule has 1 saturated heterocycles. The van der Waals surface area contributed by atoms with Crippen LogP contribution in [0.2, 0.25) is 0 Å². The van der Waals surface area contributed by atoms with Crippen molar-refractivity contribution in [2.24, 2.45) is 5.92 Å². The van der Waals surface area contributed by atoms with Crippen LogP contribution in [0.3, 0.4) is 0 Å². The number of amides is 2. The van der Waals surface area contributed by atoms with Gasteiger partial charge in [0, 0.05) is 19.1 Å². The van der Waals surface area contributed by atoms with E-state index in [0.29, 0.717) is 30.2 Å². The third kappa shape index (κ3) is 4.36. The second kappa shape index (κ2) is 8.72. The smallest absolute Gasteiger partial charge is 0.265 e. The lowest BCUT2D eigenvalue weighted by Gasteiger charge is -2.35. The Morgan fingerprint density at radius 1 is 1.04 bits per heavy atom. The Labute approximate surface area is 156 Å². The summed E-state index contributed by atoms with van der Waals surface area (Å²) in [4.78, 5) is 30.3. The lowest BCUT2D eigenvalue weighted by atomic mass is 9.85. The molecular weight excluding hydrogens is 334 g/mol. The van der Waals surface area contributed by atoms with Gasteiger partial charge in [0.25, 0.3) is 11.8 Å². The van der Waals surface area contributed by atoms with E-state index in [-0.39, 0.29) is 17.4 Å². The summed E-state index contributed by atoms with van der Waals surface area (Å²) in [5.41, 5.74) is 0.204. The summed E-state index contributed by atoms with van der Waals surface area (Å²) < 4.78 is 0. The number of carbonyl (C=O) groups excluding carboxylic acids is 2. The summed E-state index contributed by atoms with van der Waals surface area (Å²) >= 11 is 5.26. The van der Waals surface area contributed by atoms with Crippen LogP contribution in [0, 0.1) is 5.92 Å². The number of thiocarbonyl (C=S) groups is 1. The summed E-state index contributed by atoms with van der Waals surface area (Å²) in [6.07, 6.45) is 10.4. The van der Waals surface area contributed by atoms with Gasteiger partial charge in [-0.05, 0) is 77.8 Å². The molecule has 0 bridgehead atoms. The lowest BCUT2D eigenvalue weighted by Crippen LogP contribution is -2.55. The van der Waals surface area contributed by atoms with E-state index in [4.69, 9.17) is 12.2 Å². The Kier molecular flexibility index (Phi) is 6.90. The van der Waals surface area contributed by atoms with E-state index in [1.54, 1.807) is 6.08 Å². The van der Waals surface area contributed by atoms with Crippen LogP contribution in [0.1, 0.15) is 39.5 Å². The SMILES string of the molecule is CCN1C(=O)C(=C/C=C/C2CCC(N(C)C)CC2)C(=O)N(CC)C1=S. The third-order valence-corrected chi connectivity index (χ3v) is 5.60. The minimum Gasteiger partial charge on any atom is -0.306 e. The first kappa shape index (κ1) is 19.8. The summed E-state index contributed by atoms with van der Waals surface area (Å²) in [7, 11) is 4.27. The van der Waals surface area contributed by atoms with Gasteiger partial charge >= 0.3 is 0 Å². The van der Waals surface area contributed by atoms with Gasteiger partial charge in [0.1, 0.15) is 5.57 Å². The first-order chi connectivity index (χ1) is 11.9. The average molecular weight is 364 g/mol. The van der Waals surface area contributed by atoms with Gasteiger partial charge in [0.15, 0.2) is 5.11 Å². The van der Waals surface area contributed by atoms with Crippen molar-refractivity contribution in [1.29, 1.82) is 0 Å². The Morgan fingerprint density at radius 3 is 2.00 bits per heavy atom. The van der Waals surface area contributed by atoms with Gasteiger partial charge in [-0.3, -0.25) is 19.4 Å². The van der Waals surface area contributed by atoms with Crippen molar-refractivity contribution >= 4 is 29.1 Å². The van der Waals surface area contributed by atoms with Crippen molar-refractivity contribution in [1.82, 2.24) is 14.7 Å². The first-order valence-electron chi connectivity index (χ1n) is 9.13. The zero-order valence-corrected chi connectivity index (χ0v) is 16.5. The molecule has 5 nitrogen and oxygen atoms in total. The van der Waals surface area contributed by atoms with Gasteiger partial charge in [-0.2, -0.15) is 0 Å². The van der Waals surface area contributed by atoms with E-state index in [1.165, 1.54) is 22.6 Å². The molecule has 1 heterocycles. The molecule has 0 N–H and O–H groups in total. The fraction of sp³-hybridized carbons (Fsp3) is 0.632. The Morgan fingerprint density at radius 2 is 1.56 bits per heavy atom. The molecule has 0 radical (unpaired) electrons. The summed E-state index contributed by atoms with van der Waals surface area (Å²) in [6.45, 7) is 4.67. The molecule has 138 valence electrons. The highest BCUT2D eigenvalue weighted by Gasteiger charge is 2.37. The van der Waals surface area contributed by atoms with Gasteiger partial charge in [0.2, 0.25) is 0 Å². The van der Waals surface area contributed by atoms with Crippen LogP contribution in [0.4, 0.5) is 0 Å². The van der Waals surface area contributed by atoms with Crippen LogP contribution >= 0.6 is 12.2 Å². The first-order valence-corrected chi connectivity index (χ1v) is 9.54. The molecule has 6 heteroatoms. The third-order valence-electron chi connectivity index (χ3n) is 5.16. The normalized spacial score (nSPS) is 25.5. The van der Waals surface area contributed by atoms with Crippen LogP contribution in [0.5, 0.6) is 0 Å². The average Bonchev–Trinajstić information content (AvgIpc) is 2.59. The number of nitrogens with zero attached hydrogens (tertiary/aromatic N) is 3. The predicted molar refractivity (Wildman–Crippen MR) is 104 cm³/mol. The summed E-state index contributed by atoms with van der Waals surface area (Å²) in [5.74, 6) is -0.0567. The molecule has 0 aromatic carbocycles. The van der Waals surface area contributed by atoms with Gasteiger partial charge in [0.05, 0.1) is 0 Å². The Balaban J connectivity index is 2.07. The minimum absolute atomic E-state index is 0.204. The quantitative estimate of drug-likeness (QED) is 0.428. The molecule has 1 saturated carbocycles. The summed E-state index contributed by atoms with van der Waals surface area (Å²) in [5, 5.41) is 0.308. The van der Waals surface area contributed by atoms with E-state index < -0.39 is 0 Å². The van der Waals surface area contributed by atoms with Crippen LogP contribution < -0.4 is 0 Å². The zero-order chi connectivity index (χ0) is 18.6. The van der Waals surface area contributed by atoms with Crippen LogP contribution in [-0.2, 0) is 9.59 Å². The molecule has 0 atom stereocenters. The Hall–Kier alpha value is -1.53. The fourth-order valence-corrected chi connectivity index (χ4v) is 3.95. The number of allylic oxidation sites excluding steroid dienone is 3. The number of hydrogen-bond acceptors (Lipinski definition) is 4. The maximum absolute atomic E-state index is 12.5. The molecule has 0 aromatic rings. The van der Waals surface area contributed by atoms with Crippen molar-refractivity contribution in [2.45, 2.75) is 45.6 Å². The molecule has 0 unspecified atom stereocenters. The van der Waals surface area contributed by atoms with Crippen molar-refractivity contribution in [3.8, 4) is 0 Å². The molecule has 2 fully saturated rings. The predicted octanol–water partition coefficient (Wildman–Crippen LogP) is 2.58. The highest BCUT2D eigenvalue weighted by Crippen LogP contribution is 2.27. The van der Waals surface area contributed by atoms with Gasteiger partial charge in [-0.1, -0.05) is 12.2 Å². The van der Waals surface area contributed by atoms with Crippen molar-refractivity contribution in [3.63, 3.8) is 0 Å². The second-order valence-electron chi connectivity index (χ2n) is 6.88. The molecular formula is C19H29N3O2S. The number of hydrogen-bond donors (Lipinski definition) is 0.